The molecule has 1 fully saturated rings. The largest absolute Gasteiger partial charge is 0.493 e. The molecule has 182 valence electrons. The lowest BCUT2D eigenvalue weighted by molar-refractivity contribution is -0.123. The van der Waals surface area contributed by atoms with E-state index in [4.69, 9.17) is 9.47 Å². The van der Waals surface area contributed by atoms with Gasteiger partial charge in [-0.15, -0.1) is 0 Å². The first-order valence-electron chi connectivity index (χ1n) is 11.8. The molecule has 2 aliphatic rings. The molecule has 8 heteroatoms. The van der Waals surface area contributed by atoms with Crippen LogP contribution in [-0.4, -0.2) is 49.7 Å². The van der Waals surface area contributed by atoms with Crippen molar-refractivity contribution in [3.05, 3.63) is 58.9 Å². The number of fused-ring (bicyclic) bond motifs is 1. The Bertz CT molecular complexity index is 1040. The van der Waals surface area contributed by atoms with Crippen molar-refractivity contribution in [2.75, 3.05) is 20.8 Å². The normalized spacial score (nSPS) is 18.7. The van der Waals surface area contributed by atoms with Gasteiger partial charge in [0.15, 0.2) is 11.5 Å². The lowest BCUT2D eigenvalue weighted by atomic mass is 9.88. The summed E-state index contributed by atoms with van der Waals surface area (Å²) >= 11 is 0. The third-order valence-corrected chi connectivity index (χ3v) is 6.76. The fraction of sp³-hybridized carbons (Fsp3) is 0.462. The second-order valence-electron chi connectivity index (χ2n) is 8.96. The van der Waals surface area contributed by atoms with Gasteiger partial charge in [0.2, 0.25) is 5.91 Å². The highest BCUT2D eigenvalue weighted by molar-refractivity contribution is 5.87. The molecule has 2 N–H and O–H groups in total. The molecule has 2 atom stereocenters. The minimum absolute atomic E-state index is 0.178. The predicted octanol–water partition coefficient (Wildman–Crippen LogP) is 3.95. The van der Waals surface area contributed by atoms with Crippen LogP contribution in [0.25, 0.3) is 0 Å². The van der Waals surface area contributed by atoms with Gasteiger partial charge in [-0.3, -0.25) is 4.79 Å². The van der Waals surface area contributed by atoms with Crippen molar-refractivity contribution in [1.29, 1.82) is 0 Å². The minimum Gasteiger partial charge on any atom is -0.493 e. The number of carbonyl (C=O) groups is 2. The smallest absolute Gasteiger partial charge is 0.318 e. The molecule has 2 aromatic carbocycles. The average molecular weight is 470 g/mol. The van der Waals surface area contributed by atoms with Crippen LogP contribution in [0.1, 0.15) is 55.3 Å². The highest BCUT2D eigenvalue weighted by atomic mass is 19.1. The summed E-state index contributed by atoms with van der Waals surface area (Å²) in [6.45, 7) is 2.13. The van der Waals surface area contributed by atoms with Crippen LogP contribution < -0.4 is 20.1 Å². The van der Waals surface area contributed by atoms with E-state index in [1.165, 1.54) is 12.1 Å². The molecule has 34 heavy (non-hydrogen) atoms. The Hall–Kier alpha value is -3.29. The van der Waals surface area contributed by atoms with Gasteiger partial charge in [-0.2, -0.15) is 0 Å². The van der Waals surface area contributed by atoms with E-state index in [1.54, 1.807) is 38.2 Å². The summed E-state index contributed by atoms with van der Waals surface area (Å²) in [5.41, 5.74) is 2.68. The summed E-state index contributed by atoms with van der Waals surface area (Å²) in [6.07, 6.45) is 4.81. The van der Waals surface area contributed by atoms with Gasteiger partial charge in [0.25, 0.3) is 0 Å². The number of nitrogens with zero attached hydrogens (tertiary/aromatic N) is 1. The van der Waals surface area contributed by atoms with E-state index in [9.17, 15) is 14.0 Å². The zero-order chi connectivity index (χ0) is 24.2. The molecule has 0 bridgehead atoms. The molecule has 1 heterocycles. The molecule has 0 saturated heterocycles. The van der Waals surface area contributed by atoms with Crippen LogP contribution in [0.2, 0.25) is 0 Å². The fourth-order valence-corrected chi connectivity index (χ4v) is 4.90. The van der Waals surface area contributed by atoms with Crippen LogP contribution in [0.15, 0.2) is 36.4 Å². The first-order chi connectivity index (χ1) is 16.4. The maximum absolute atomic E-state index is 13.7. The molecule has 4 rings (SSSR count). The van der Waals surface area contributed by atoms with E-state index in [1.807, 2.05) is 12.1 Å². The number of urea groups is 1. The molecule has 3 amide bonds. The third kappa shape index (κ3) is 4.95. The molecule has 0 aromatic heterocycles. The molecule has 1 unspecified atom stereocenters. The van der Waals surface area contributed by atoms with Crippen molar-refractivity contribution in [3.8, 4) is 11.5 Å². The van der Waals surface area contributed by atoms with Gasteiger partial charge in [-0.05, 0) is 67.1 Å². The standard InChI is InChI=1S/C26H32FN3O4/c1-16(25(31)29-20-6-4-5-7-20)28-26(32)30-13-12-18-14-22(33-2)23(34-3)15-21(18)24(30)17-8-10-19(27)11-9-17/h8-11,14-16,20,24H,4-7,12-13H2,1-3H3,(H,28,32)(H,29,31)/t16-,24?/m0/s1. The maximum atomic E-state index is 13.7. The number of carbonyl (C=O) groups excluding carboxylic acids is 2. The Balaban J connectivity index is 1.61. The van der Waals surface area contributed by atoms with Crippen molar-refractivity contribution in [1.82, 2.24) is 15.5 Å². The zero-order valence-corrected chi connectivity index (χ0v) is 19.9. The van der Waals surface area contributed by atoms with Gasteiger partial charge in [0.1, 0.15) is 11.9 Å². The Morgan fingerprint density at radius 1 is 1.06 bits per heavy atom. The van der Waals surface area contributed by atoms with Gasteiger partial charge in [-0.1, -0.05) is 25.0 Å². The van der Waals surface area contributed by atoms with E-state index in [0.717, 1.165) is 42.4 Å². The molecular formula is C26H32FN3O4. The zero-order valence-electron chi connectivity index (χ0n) is 19.9. The summed E-state index contributed by atoms with van der Waals surface area (Å²) in [5.74, 6) is 0.650. The summed E-state index contributed by atoms with van der Waals surface area (Å²) in [6, 6.07) is 8.64. The number of nitrogens with one attached hydrogen (secondary N) is 2. The highest BCUT2D eigenvalue weighted by Crippen LogP contribution is 2.41. The van der Waals surface area contributed by atoms with E-state index in [2.05, 4.69) is 10.6 Å². The van der Waals surface area contributed by atoms with E-state index >= 15 is 0 Å². The Kier molecular flexibility index (Phi) is 7.24. The van der Waals surface area contributed by atoms with Crippen LogP contribution >= 0.6 is 0 Å². The number of amides is 3. The Morgan fingerprint density at radius 3 is 2.35 bits per heavy atom. The lowest BCUT2D eigenvalue weighted by Crippen LogP contribution is -2.53. The fourth-order valence-electron chi connectivity index (χ4n) is 4.90. The number of methoxy groups -OCH3 is 2. The first kappa shape index (κ1) is 23.9. The molecule has 0 radical (unpaired) electrons. The average Bonchev–Trinajstić information content (AvgIpc) is 3.35. The molecule has 2 aromatic rings. The van der Waals surface area contributed by atoms with Crippen molar-refractivity contribution in [3.63, 3.8) is 0 Å². The van der Waals surface area contributed by atoms with Crippen molar-refractivity contribution in [2.24, 2.45) is 0 Å². The number of rotatable bonds is 6. The Labute approximate surface area is 199 Å². The van der Waals surface area contributed by atoms with Gasteiger partial charge >= 0.3 is 6.03 Å². The van der Waals surface area contributed by atoms with E-state index in [0.29, 0.717) is 24.5 Å². The SMILES string of the molecule is COc1cc2c(cc1OC)C(c1ccc(F)cc1)N(C(=O)N[C@@H](C)C(=O)NC1CCCC1)CC2. The number of hydrogen-bond donors (Lipinski definition) is 2. The van der Waals surface area contributed by atoms with E-state index in [-0.39, 0.29) is 23.8 Å². The molecule has 0 spiro atoms. The molecule has 1 saturated carbocycles. The summed E-state index contributed by atoms with van der Waals surface area (Å²) in [4.78, 5) is 27.7. The summed E-state index contributed by atoms with van der Waals surface area (Å²) in [7, 11) is 3.15. The molecular weight excluding hydrogens is 437 g/mol. The van der Waals surface area contributed by atoms with Crippen LogP contribution in [-0.2, 0) is 11.2 Å². The monoisotopic (exact) mass is 469 g/mol. The van der Waals surface area contributed by atoms with E-state index < -0.39 is 12.1 Å². The Morgan fingerprint density at radius 2 is 1.71 bits per heavy atom. The number of benzene rings is 2. The highest BCUT2D eigenvalue weighted by Gasteiger charge is 2.34. The predicted molar refractivity (Wildman–Crippen MR) is 127 cm³/mol. The second-order valence-corrected chi connectivity index (χ2v) is 8.96. The molecule has 1 aliphatic carbocycles. The third-order valence-electron chi connectivity index (χ3n) is 6.76. The van der Waals surface area contributed by atoms with Crippen molar-refractivity contribution >= 4 is 11.9 Å². The van der Waals surface area contributed by atoms with Crippen LogP contribution in [0.4, 0.5) is 9.18 Å². The molecule has 7 nitrogen and oxygen atoms in total. The van der Waals surface area contributed by atoms with Gasteiger partial charge < -0.3 is 25.0 Å². The first-order valence-corrected chi connectivity index (χ1v) is 11.8. The van der Waals surface area contributed by atoms with Crippen molar-refractivity contribution in [2.45, 2.75) is 57.2 Å². The lowest BCUT2D eigenvalue weighted by Gasteiger charge is -2.38. The quantitative estimate of drug-likeness (QED) is 0.672. The molecule has 1 aliphatic heterocycles. The van der Waals surface area contributed by atoms with Gasteiger partial charge in [-0.25, -0.2) is 9.18 Å². The summed E-state index contributed by atoms with van der Waals surface area (Å²) in [5, 5.41) is 5.90. The van der Waals surface area contributed by atoms with Crippen LogP contribution in [0.3, 0.4) is 0 Å². The van der Waals surface area contributed by atoms with Gasteiger partial charge in [0.05, 0.1) is 20.3 Å². The van der Waals surface area contributed by atoms with Crippen molar-refractivity contribution < 1.29 is 23.5 Å². The van der Waals surface area contributed by atoms with Crippen LogP contribution in [0.5, 0.6) is 11.5 Å². The number of ether oxygens (including phenoxy) is 2. The van der Waals surface area contributed by atoms with Gasteiger partial charge in [0, 0.05) is 12.6 Å². The number of hydrogen-bond acceptors (Lipinski definition) is 4. The summed E-state index contributed by atoms with van der Waals surface area (Å²) < 4.78 is 24.6. The second kappa shape index (κ2) is 10.3. The minimum atomic E-state index is -0.672. The topological polar surface area (TPSA) is 79.9 Å². The number of halogens is 1. The van der Waals surface area contributed by atoms with Crippen LogP contribution in [0, 0.1) is 5.82 Å². The maximum Gasteiger partial charge on any atom is 0.318 e.